The Morgan fingerprint density at radius 3 is 2.70 bits per heavy atom. The first kappa shape index (κ1) is 7.34. The Morgan fingerprint density at radius 1 is 1.80 bits per heavy atom. The maximum Gasteiger partial charge on any atom is 0.404 e. The molecule has 1 saturated carbocycles. The zero-order valence-corrected chi connectivity index (χ0v) is 6.02. The molecule has 1 fully saturated rings. The summed E-state index contributed by atoms with van der Waals surface area (Å²) in [5.74, 6) is 0. The van der Waals surface area contributed by atoms with E-state index in [2.05, 4.69) is 10.1 Å². The van der Waals surface area contributed by atoms with Crippen LogP contribution < -0.4 is 11.1 Å². The first-order valence-electron chi connectivity index (χ1n) is 3.30. The number of ether oxygens (including phenoxy) is 1. The highest BCUT2D eigenvalue weighted by Gasteiger charge is 2.42. The van der Waals surface area contributed by atoms with Gasteiger partial charge in [-0.3, -0.25) is 0 Å². The van der Waals surface area contributed by atoms with Crippen molar-refractivity contribution in [2.24, 2.45) is 5.73 Å². The smallest absolute Gasteiger partial charge is 0.404 e. The number of hydrogen-bond acceptors (Lipinski definition) is 3. The summed E-state index contributed by atoms with van der Waals surface area (Å²) >= 11 is 0. The fourth-order valence-electron chi connectivity index (χ4n) is 0.827. The molecule has 58 valence electrons. The summed E-state index contributed by atoms with van der Waals surface area (Å²) in [6.45, 7) is 0.402. The van der Waals surface area contributed by atoms with Crippen LogP contribution in [-0.2, 0) is 4.74 Å². The second-order valence-electron chi connectivity index (χ2n) is 2.64. The summed E-state index contributed by atoms with van der Waals surface area (Å²) in [6.07, 6.45) is 1.44. The van der Waals surface area contributed by atoms with Crippen LogP contribution >= 0.6 is 0 Å². The molecule has 0 atom stereocenters. The van der Waals surface area contributed by atoms with E-state index in [1.165, 1.54) is 0 Å². The number of nitrogens with one attached hydrogen (secondary N) is 1. The molecule has 0 saturated heterocycles. The Bertz CT molecular complexity index is 143. The lowest BCUT2D eigenvalue weighted by molar-refractivity contribution is 0.140. The summed E-state index contributed by atoms with van der Waals surface area (Å²) < 4.78 is 4.64. The molecule has 0 unspecified atom stereocenters. The zero-order valence-electron chi connectivity index (χ0n) is 6.02. The van der Waals surface area contributed by atoms with E-state index in [0.29, 0.717) is 6.61 Å². The van der Waals surface area contributed by atoms with Crippen LogP contribution in [0.4, 0.5) is 4.79 Å². The highest BCUT2D eigenvalue weighted by molar-refractivity contribution is 5.64. The van der Waals surface area contributed by atoms with Crippen LogP contribution in [0.25, 0.3) is 0 Å². The molecule has 1 amide bonds. The molecule has 0 bridgehead atoms. The minimum absolute atomic E-state index is 0.0506. The van der Waals surface area contributed by atoms with Crippen LogP contribution in [0.5, 0.6) is 0 Å². The van der Waals surface area contributed by atoms with Gasteiger partial charge >= 0.3 is 6.09 Å². The molecule has 0 aromatic carbocycles. The van der Waals surface area contributed by atoms with E-state index in [1.807, 2.05) is 7.05 Å². The molecular weight excluding hydrogens is 132 g/mol. The monoisotopic (exact) mass is 144 g/mol. The van der Waals surface area contributed by atoms with Gasteiger partial charge in [0.05, 0.1) is 5.54 Å². The second-order valence-corrected chi connectivity index (χ2v) is 2.64. The van der Waals surface area contributed by atoms with E-state index < -0.39 is 6.09 Å². The largest absolute Gasteiger partial charge is 0.448 e. The summed E-state index contributed by atoms with van der Waals surface area (Å²) in [6, 6.07) is 0. The molecule has 3 N–H and O–H groups in total. The van der Waals surface area contributed by atoms with Gasteiger partial charge in [-0.2, -0.15) is 0 Å². The molecule has 0 spiro atoms. The molecule has 0 aromatic rings. The summed E-state index contributed by atoms with van der Waals surface area (Å²) in [5, 5.41) is 3.08. The van der Waals surface area contributed by atoms with Crippen molar-refractivity contribution >= 4 is 6.09 Å². The van der Waals surface area contributed by atoms with Crippen LogP contribution in [-0.4, -0.2) is 25.3 Å². The van der Waals surface area contributed by atoms with Gasteiger partial charge in [0, 0.05) is 0 Å². The quantitative estimate of drug-likeness (QED) is 0.578. The lowest BCUT2D eigenvalue weighted by Gasteiger charge is -2.12. The number of rotatable bonds is 3. The van der Waals surface area contributed by atoms with Crippen molar-refractivity contribution < 1.29 is 9.53 Å². The van der Waals surface area contributed by atoms with Gasteiger partial charge in [-0.15, -0.1) is 0 Å². The standard InChI is InChI=1S/C6H12N2O2/c1-8-6(2-3-6)4-10-5(7)9/h8H,2-4H2,1H3,(H2,7,9). The fraction of sp³-hybridized carbons (Fsp3) is 0.833. The first-order valence-corrected chi connectivity index (χ1v) is 3.30. The van der Waals surface area contributed by atoms with Crippen LogP contribution in [0.1, 0.15) is 12.8 Å². The maximum atomic E-state index is 10.2. The van der Waals surface area contributed by atoms with Crippen LogP contribution in [0.2, 0.25) is 0 Å². The van der Waals surface area contributed by atoms with Crippen molar-refractivity contribution in [2.45, 2.75) is 18.4 Å². The number of primary amides is 1. The van der Waals surface area contributed by atoms with Gasteiger partial charge in [-0.05, 0) is 19.9 Å². The third kappa shape index (κ3) is 1.60. The van der Waals surface area contributed by atoms with Crippen molar-refractivity contribution in [3.63, 3.8) is 0 Å². The van der Waals surface area contributed by atoms with Crippen LogP contribution in [0, 0.1) is 0 Å². The Balaban J connectivity index is 2.19. The van der Waals surface area contributed by atoms with Gasteiger partial charge in [-0.1, -0.05) is 0 Å². The van der Waals surface area contributed by atoms with Crippen LogP contribution in [0.15, 0.2) is 0 Å². The van der Waals surface area contributed by atoms with Gasteiger partial charge in [0.2, 0.25) is 0 Å². The third-order valence-electron chi connectivity index (χ3n) is 1.87. The molecule has 0 aromatic heterocycles. The van der Waals surface area contributed by atoms with Crippen molar-refractivity contribution in [1.29, 1.82) is 0 Å². The molecule has 4 nitrogen and oxygen atoms in total. The lowest BCUT2D eigenvalue weighted by atomic mass is 10.3. The highest BCUT2D eigenvalue weighted by Crippen LogP contribution is 2.34. The molecular formula is C6H12N2O2. The van der Waals surface area contributed by atoms with Gasteiger partial charge < -0.3 is 15.8 Å². The average molecular weight is 144 g/mol. The first-order chi connectivity index (χ1) is 4.68. The summed E-state index contributed by atoms with van der Waals surface area (Å²) in [7, 11) is 1.86. The Morgan fingerprint density at radius 2 is 2.40 bits per heavy atom. The molecule has 0 radical (unpaired) electrons. The SMILES string of the molecule is CNC1(COC(N)=O)CC1. The zero-order chi connectivity index (χ0) is 7.61. The van der Waals surface area contributed by atoms with E-state index >= 15 is 0 Å². The number of carbonyl (C=O) groups excluding carboxylic acids is 1. The van der Waals surface area contributed by atoms with E-state index in [4.69, 9.17) is 5.73 Å². The molecule has 10 heavy (non-hydrogen) atoms. The Hall–Kier alpha value is -0.770. The van der Waals surface area contributed by atoms with Crippen molar-refractivity contribution in [1.82, 2.24) is 5.32 Å². The number of likely N-dealkylation sites (N-methyl/N-ethyl adjacent to an activating group) is 1. The number of carbonyl (C=O) groups is 1. The lowest BCUT2D eigenvalue weighted by Crippen LogP contribution is -2.34. The van der Waals surface area contributed by atoms with Gasteiger partial charge in [0.1, 0.15) is 6.61 Å². The topological polar surface area (TPSA) is 64.3 Å². The van der Waals surface area contributed by atoms with Crippen molar-refractivity contribution in [3.8, 4) is 0 Å². The normalized spacial score (nSPS) is 20.1. The number of amides is 1. The number of hydrogen-bond donors (Lipinski definition) is 2. The predicted molar refractivity (Wildman–Crippen MR) is 36.6 cm³/mol. The minimum Gasteiger partial charge on any atom is -0.448 e. The average Bonchev–Trinajstić information content (AvgIpc) is 2.64. The Labute approximate surface area is 59.7 Å². The maximum absolute atomic E-state index is 10.2. The van der Waals surface area contributed by atoms with E-state index in [1.54, 1.807) is 0 Å². The highest BCUT2D eigenvalue weighted by atomic mass is 16.5. The Kier molecular flexibility index (Phi) is 1.80. The van der Waals surface area contributed by atoms with Crippen molar-refractivity contribution in [2.75, 3.05) is 13.7 Å². The third-order valence-corrected chi connectivity index (χ3v) is 1.87. The molecule has 0 heterocycles. The fourth-order valence-corrected chi connectivity index (χ4v) is 0.827. The summed E-state index contributed by atoms with van der Waals surface area (Å²) in [5.41, 5.74) is 4.84. The molecule has 4 heteroatoms. The van der Waals surface area contributed by atoms with Crippen molar-refractivity contribution in [3.05, 3.63) is 0 Å². The van der Waals surface area contributed by atoms with E-state index in [-0.39, 0.29) is 5.54 Å². The van der Waals surface area contributed by atoms with Gasteiger partial charge in [0.25, 0.3) is 0 Å². The summed E-state index contributed by atoms with van der Waals surface area (Å²) in [4.78, 5) is 10.2. The second kappa shape index (κ2) is 2.46. The number of nitrogens with two attached hydrogens (primary N) is 1. The van der Waals surface area contributed by atoms with E-state index in [9.17, 15) is 4.79 Å². The van der Waals surface area contributed by atoms with Gasteiger partial charge in [0.15, 0.2) is 0 Å². The molecule has 1 aliphatic carbocycles. The minimum atomic E-state index is -0.693. The predicted octanol–water partition coefficient (Wildman–Crippen LogP) is -0.166. The molecule has 1 rings (SSSR count). The molecule has 0 aliphatic heterocycles. The van der Waals surface area contributed by atoms with Crippen LogP contribution in [0.3, 0.4) is 0 Å². The van der Waals surface area contributed by atoms with Gasteiger partial charge in [-0.25, -0.2) is 4.79 Å². The molecule has 1 aliphatic rings. The van der Waals surface area contributed by atoms with E-state index in [0.717, 1.165) is 12.8 Å².